The highest BCUT2D eigenvalue weighted by Crippen LogP contribution is 2.31. The van der Waals surface area contributed by atoms with E-state index < -0.39 is 36.7 Å². The van der Waals surface area contributed by atoms with Gasteiger partial charge in [-0.25, -0.2) is 8.78 Å². The lowest BCUT2D eigenvalue weighted by atomic mass is 10.2. The van der Waals surface area contributed by atoms with Crippen LogP contribution < -0.4 is 0 Å². The molecule has 0 unspecified atom stereocenters. The first-order valence-corrected chi connectivity index (χ1v) is 6.00. The van der Waals surface area contributed by atoms with Gasteiger partial charge in [-0.15, -0.1) is 0 Å². The minimum Gasteiger partial charge on any atom is -0.396 e. The smallest absolute Gasteiger partial charge is 0.396 e. The summed E-state index contributed by atoms with van der Waals surface area (Å²) in [6.45, 7) is -0.949. The van der Waals surface area contributed by atoms with Crippen molar-refractivity contribution < 1.29 is 27.1 Å². The van der Waals surface area contributed by atoms with E-state index in [1.807, 2.05) is 0 Å². The fraction of sp³-hybridized carbons (Fsp3) is 0.308. The number of aliphatic hydroxyl groups is 1. The van der Waals surface area contributed by atoms with Gasteiger partial charge in [-0.05, 0) is 18.6 Å². The number of alkyl halides is 3. The molecule has 0 radical (unpaired) electrons. The molecule has 21 heavy (non-hydrogen) atoms. The molecule has 0 atom stereocenters. The summed E-state index contributed by atoms with van der Waals surface area (Å²) in [6.07, 6.45) is -3.90. The second kappa shape index (κ2) is 5.80. The van der Waals surface area contributed by atoms with Gasteiger partial charge in [0.15, 0.2) is 5.69 Å². The average molecular weight is 306 g/mol. The van der Waals surface area contributed by atoms with Crippen LogP contribution in [0.25, 0.3) is 0 Å². The highest BCUT2D eigenvalue weighted by atomic mass is 19.4. The second-order valence-corrected chi connectivity index (χ2v) is 4.37. The predicted octanol–water partition coefficient (Wildman–Crippen LogP) is 2.76. The standard InChI is InChI=1S/C13H11F5N2O/c14-10-2-1-3-11(15)9(10)7-20-6-8(4-5-21)12(19-20)13(16,17)18/h1-3,6,21H,4-5,7H2. The Morgan fingerprint density at radius 1 is 1.14 bits per heavy atom. The van der Waals surface area contributed by atoms with Gasteiger partial charge < -0.3 is 5.11 Å². The summed E-state index contributed by atoms with van der Waals surface area (Å²) in [5.41, 5.74) is -1.75. The zero-order chi connectivity index (χ0) is 15.6. The van der Waals surface area contributed by atoms with Gasteiger partial charge in [0.2, 0.25) is 0 Å². The normalized spacial score (nSPS) is 11.9. The number of aromatic nitrogens is 2. The Hall–Kier alpha value is -1.96. The van der Waals surface area contributed by atoms with Gasteiger partial charge in [-0.2, -0.15) is 18.3 Å². The summed E-state index contributed by atoms with van der Waals surface area (Å²) < 4.78 is 66.1. The number of hydrogen-bond acceptors (Lipinski definition) is 2. The third kappa shape index (κ3) is 3.38. The molecule has 0 saturated heterocycles. The number of aliphatic hydroxyl groups excluding tert-OH is 1. The van der Waals surface area contributed by atoms with E-state index in [-0.39, 0.29) is 17.5 Å². The summed E-state index contributed by atoms with van der Waals surface area (Å²) in [7, 11) is 0. The zero-order valence-electron chi connectivity index (χ0n) is 10.7. The third-order valence-corrected chi connectivity index (χ3v) is 2.87. The first-order chi connectivity index (χ1) is 9.82. The molecule has 1 N–H and O–H groups in total. The van der Waals surface area contributed by atoms with E-state index in [4.69, 9.17) is 5.11 Å². The number of rotatable bonds is 4. The first-order valence-electron chi connectivity index (χ1n) is 6.00. The van der Waals surface area contributed by atoms with E-state index in [0.29, 0.717) is 0 Å². The highest BCUT2D eigenvalue weighted by molar-refractivity contribution is 5.23. The maximum absolute atomic E-state index is 13.5. The van der Waals surface area contributed by atoms with Crippen LogP contribution >= 0.6 is 0 Å². The molecule has 114 valence electrons. The summed E-state index contributed by atoms with van der Waals surface area (Å²) in [5, 5.41) is 12.1. The number of nitrogens with zero attached hydrogens (tertiary/aromatic N) is 2. The molecule has 0 amide bonds. The fourth-order valence-electron chi connectivity index (χ4n) is 1.93. The molecule has 0 spiro atoms. The monoisotopic (exact) mass is 306 g/mol. The van der Waals surface area contributed by atoms with Gasteiger partial charge in [0.25, 0.3) is 0 Å². The van der Waals surface area contributed by atoms with Crippen molar-refractivity contribution >= 4 is 0 Å². The van der Waals surface area contributed by atoms with Crippen LogP contribution in [0.1, 0.15) is 16.8 Å². The molecule has 8 heteroatoms. The van der Waals surface area contributed by atoms with Crippen LogP contribution in [-0.4, -0.2) is 21.5 Å². The van der Waals surface area contributed by atoms with Gasteiger partial charge in [0, 0.05) is 23.9 Å². The van der Waals surface area contributed by atoms with Crippen molar-refractivity contribution in [1.29, 1.82) is 0 Å². The Morgan fingerprint density at radius 3 is 2.29 bits per heavy atom. The average Bonchev–Trinajstić information content (AvgIpc) is 2.77. The van der Waals surface area contributed by atoms with Crippen molar-refractivity contribution in [2.75, 3.05) is 6.61 Å². The number of hydrogen-bond donors (Lipinski definition) is 1. The van der Waals surface area contributed by atoms with Crippen LogP contribution in [-0.2, 0) is 19.1 Å². The minimum atomic E-state index is -4.69. The molecule has 0 aliphatic rings. The molecule has 0 bridgehead atoms. The summed E-state index contributed by atoms with van der Waals surface area (Å²) >= 11 is 0. The Labute approximate surface area is 116 Å². The molecule has 0 aliphatic heterocycles. The second-order valence-electron chi connectivity index (χ2n) is 4.37. The van der Waals surface area contributed by atoms with Crippen LogP contribution in [0.2, 0.25) is 0 Å². The minimum absolute atomic E-state index is 0.221. The Kier molecular flexibility index (Phi) is 4.26. The van der Waals surface area contributed by atoms with Crippen LogP contribution in [0, 0.1) is 11.6 Å². The fourth-order valence-corrected chi connectivity index (χ4v) is 1.93. The van der Waals surface area contributed by atoms with Crippen molar-refractivity contribution in [2.24, 2.45) is 0 Å². The van der Waals surface area contributed by atoms with E-state index in [9.17, 15) is 22.0 Å². The van der Waals surface area contributed by atoms with Crippen molar-refractivity contribution in [2.45, 2.75) is 19.1 Å². The summed E-state index contributed by atoms with van der Waals surface area (Å²) in [4.78, 5) is 0. The molecule has 1 aromatic carbocycles. The van der Waals surface area contributed by atoms with Gasteiger partial charge in [-0.1, -0.05) is 6.07 Å². The van der Waals surface area contributed by atoms with Crippen LogP contribution in [0.4, 0.5) is 22.0 Å². The zero-order valence-corrected chi connectivity index (χ0v) is 10.7. The number of halogens is 5. The molecule has 1 heterocycles. The lowest BCUT2D eigenvalue weighted by molar-refractivity contribution is -0.142. The molecule has 0 fully saturated rings. The highest BCUT2D eigenvalue weighted by Gasteiger charge is 2.36. The maximum atomic E-state index is 13.5. The summed E-state index contributed by atoms with van der Waals surface area (Å²) in [5.74, 6) is -1.72. The SMILES string of the molecule is OCCc1cn(Cc2c(F)cccc2F)nc1C(F)(F)F. The topological polar surface area (TPSA) is 38.0 Å². The summed E-state index contributed by atoms with van der Waals surface area (Å²) in [6, 6.07) is 3.19. The van der Waals surface area contributed by atoms with E-state index in [0.717, 1.165) is 29.1 Å². The lowest BCUT2D eigenvalue weighted by Gasteiger charge is -2.05. The lowest BCUT2D eigenvalue weighted by Crippen LogP contribution is -2.11. The molecular weight excluding hydrogens is 295 g/mol. The van der Waals surface area contributed by atoms with E-state index in [1.54, 1.807) is 0 Å². The van der Waals surface area contributed by atoms with Crippen molar-refractivity contribution in [3.8, 4) is 0 Å². The third-order valence-electron chi connectivity index (χ3n) is 2.87. The molecule has 0 aliphatic carbocycles. The van der Waals surface area contributed by atoms with Crippen molar-refractivity contribution in [1.82, 2.24) is 9.78 Å². The van der Waals surface area contributed by atoms with E-state index in [1.165, 1.54) is 0 Å². The Balaban J connectivity index is 2.37. The van der Waals surface area contributed by atoms with Gasteiger partial charge in [0.1, 0.15) is 11.6 Å². The maximum Gasteiger partial charge on any atom is 0.435 e. The first kappa shape index (κ1) is 15.4. The molecule has 2 rings (SSSR count). The molecular formula is C13H11F5N2O. The Morgan fingerprint density at radius 2 is 1.76 bits per heavy atom. The largest absolute Gasteiger partial charge is 0.435 e. The van der Waals surface area contributed by atoms with Crippen molar-refractivity contribution in [3.63, 3.8) is 0 Å². The molecule has 2 aromatic rings. The number of benzene rings is 1. The van der Waals surface area contributed by atoms with Gasteiger partial charge >= 0.3 is 6.18 Å². The van der Waals surface area contributed by atoms with Crippen LogP contribution in [0.3, 0.4) is 0 Å². The molecule has 3 nitrogen and oxygen atoms in total. The quantitative estimate of drug-likeness (QED) is 0.882. The molecule has 1 aromatic heterocycles. The van der Waals surface area contributed by atoms with Gasteiger partial charge in [-0.3, -0.25) is 4.68 Å². The molecule has 0 saturated carbocycles. The Bertz CT molecular complexity index is 616. The van der Waals surface area contributed by atoms with Crippen LogP contribution in [0.15, 0.2) is 24.4 Å². The predicted molar refractivity (Wildman–Crippen MR) is 63.5 cm³/mol. The van der Waals surface area contributed by atoms with E-state index in [2.05, 4.69) is 5.10 Å². The van der Waals surface area contributed by atoms with Gasteiger partial charge in [0.05, 0.1) is 6.54 Å². The van der Waals surface area contributed by atoms with Crippen LogP contribution in [0.5, 0.6) is 0 Å². The van der Waals surface area contributed by atoms with Crippen molar-refractivity contribution in [3.05, 3.63) is 52.9 Å². The van der Waals surface area contributed by atoms with E-state index >= 15 is 0 Å².